The molecule has 4 heteroatoms. The van der Waals surface area contributed by atoms with E-state index in [9.17, 15) is 4.79 Å². The number of benzene rings is 2. The number of nitrogens with zero attached hydrogens (tertiary/aromatic N) is 1. The van der Waals surface area contributed by atoms with Gasteiger partial charge in [-0.3, -0.25) is 9.78 Å². The summed E-state index contributed by atoms with van der Waals surface area (Å²) in [6, 6.07) is 21.2. The van der Waals surface area contributed by atoms with Crippen molar-refractivity contribution in [1.29, 1.82) is 0 Å². The Balaban J connectivity index is 1.55. The maximum Gasteiger partial charge on any atom is 0.251 e. The Hall–Kier alpha value is -3.14. The predicted molar refractivity (Wildman–Crippen MR) is 102 cm³/mol. The van der Waals surface area contributed by atoms with Crippen molar-refractivity contribution in [3.8, 4) is 5.75 Å². The van der Waals surface area contributed by atoms with Gasteiger partial charge in [-0.05, 0) is 53.9 Å². The van der Waals surface area contributed by atoms with Crippen LogP contribution in [0.5, 0.6) is 5.75 Å². The molecule has 0 fully saturated rings. The highest BCUT2D eigenvalue weighted by Crippen LogP contribution is 2.15. The number of carbonyl (C=O) groups excluding carboxylic acids is 1. The molecule has 1 N–H and O–H groups in total. The standard InChI is InChI=1S/C22H22N2O2/c1-2-17-9-11-19(12-10-17)22(25)24-15-18-6-5-8-21(14-18)26-16-20-7-3-4-13-23-20/h3-14H,2,15-16H2,1H3,(H,24,25). The van der Waals surface area contributed by atoms with Crippen molar-refractivity contribution >= 4 is 5.91 Å². The zero-order valence-corrected chi connectivity index (χ0v) is 14.8. The number of amides is 1. The molecule has 132 valence electrons. The van der Waals surface area contributed by atoms with Crippen molar-refractivity contribution in [1.82, 2.24) is 10.3 Å². The summed E-state index contributed by atoms with van der Waals surface area (Å²) in [5.74, 6) is 0.683. The van der Waals surface area contributed by atoms with E-state index in [0.29, 0.717) is 18.7 Å². The SMILES string of the molecule is CCc1ccc(C(=O)NCc2cccc(OCc3ccccn3)c2)cc1. The Morgan fingerprint density at radius 2 is 1.85 bits per heavy atom. The van der Waals surface area contributed by atoms with Gasteiger partial charge in [-0.2, -0.15) is 0 Å². The number of nitrogens with one attached hydrogen (secondary N) is 1. The molecule has 3 aromatic rings. The normalized spacial score (nSPS) is 10.3. The maximum absolute atomic E-state index is 12.3. The minimum atomic E-state index is -0.0764. The topological polar surface area (TPSA) is 51.2 Å². The van der Waals surface area contributed by atoms with E-state index in [1.165, 1.54) is 5.56 Å². The Morgan fingerprint density at radius 3 is 2.58 bits per heavy atom. The number of pyridine rings is 1. The van der Waals surface area contributed by atoms with Crippen LogP contribution in [-0.4, -0.2) is 10.9 Å². The molecule has 0 atom stereocenters. The lowest BCUT2D eigenvalue weighted by atomic mass is 10.1. The molecule has 1 heterocycles. The van der Waals surface area contributed by atoms with Crippen LogP contribution in [0, 0.1) is 0 Å². The van der Waals surface area contributed by atoms with E-state index in [0.717, 1.165) is 23.4 Å². The summed E-state index contributed by atoms with van der Waals surface area (Å²) >= 11 is 0. The molecule has 0 aliphatic carbocycles. The van der Waals surface area contributed by atoms with Crippen molar-refractivity contribution in [3.63, 3.8) is 0 Å². The molecule has 26 heavy (non-hydrogen) atoms. The summed E-state index contributed by atoms with van der Waals surface area (Å²) in [5.41, 5.74) is 3.76. The third-order valence-electron chi connectivity index (χ3n) is 4.09. The van der Waals surface area contributed by atoms with Crippen LogP contribution < -0.4 is 10.1 Å². The molecule has 0 bridgehead atoms. The fourth-order valence-electron chi connectivity index (χ4n) is 2.56. The highest BCUT2D eigenvalue weighted by Gasteiger charge is 2.06. The van der Waals surface area contributed by atoms with Crippen molar-refractivity contribution in [2.75, 3.05) is 0 Å². The van der Waals surface area contributed by atoms with Gasteiger partial charge in [0.15, 0.2) is 0 Å². The fraction of sp³-hybridized carbons (Fsp3) is 0.182. The van der Waals surface area contributed by atoms with Crippen LogP contribution in [0.15, 0.2) is 72.9 Å². The van der Waals surface area contributed by atoms with Crippen LogP contribution in [0.3, 0.4) is 0 Å². The summed E-state index contributed by atoms with van der Waals surface area (Å²) in [6.07, 6.45) is 2.71. The van der Waals surface area contributed by atoms with E-state index in [4.69, 9.17) is 4.74 Å². The number of hydrogen-bond acceptors (Lipinski definition) is 3. The molecule has 0 saturated carbocycles. The minimum Gasteiger partial charge on any atom is -0.487 e. The summed E-state index contributed by atoms with van der Waals surface area (Å²) < 4.78 is 5.77. The molecular weight excluding hydrogens is 324 g/mol. The third-order valence-corrected chi connectivity index (χ3v) is 4.09. The average Bonchev–Trinajstić information content (AvgIpc) is 2.71. The lowest BCUT2D eigenvalue weighted by Crippen LogP contribution is -2.22. The number of aromatic nitrogens is 1. The first-order valence-electron chi connectivity index (χ1n) is 8.73. The number of aryl methyl sites for hydroxylation is 1. The number of rotatable bonds is 7. The van der Waals surface area contributed by atoms with E-state index >= 15 is 0 Å². The summed E-state index contributed by atoms with van der Waals surface area (Å²) in [5, 5.41) is 2.95. The lowest BCUT2D eigenvalue weighted by Gasteiger charge is -2.09. The quantitative estimate of drug-likeness (QED) is 0.699. The van der Waals surface area contributed by atoms with Crippen LogP contribution >= 0.6 is 0 Å². The van der Waals surface area contributed by atoms with Crippen LogP contribution in [0.25, 0.3) is 0 Å². The fourth-order valence-corrected chi connectivity index (χ4v) is 2.56. The average molecular weight is 346 g/mol. The van der Waals surface area contributed by atoms with Gasteiger partial charge in [0.1, 0.15) is 12.4 Å². The second-order valence-corrected chi connectivity index (χ2v) is 5.99. The molecular formula is C22H22N2O2. The second kappa shape index (κ2) is 8.81. The minimum absolute atomic E-state index is 0.0764. The van der Waals surface area contributed by atoms with Gasteiger partial charge in [-0.1, -0.05) is 37.3 Å². The molecule has 2 aromatic carbocycles. The van der Waals surface area contributed by atoms with Crippen LogP contribution in [0.2, 0.25) is 0 Å². The molecule has 0 aliphatic heterocycles. The van der Waals surface area contributed by atoms with Crippen molar-refractivity contribution < 1.29 is 9.53 Å². The number of hydrogen-bond donors (Lipinski definition) is 1. The molecule has 1 amide bonds. The van der Waals surface area contributed by atoms with Crippen LogP contribution in [-0.2, 0) is 19.6 Å². The Bertz CT molecular complexity index is 846. The van der Waals surface area contributed by atoms with Crippen molar-refractivity contribution in [2.45, 2.75) is 26.5 Å². The third kappa shape index (κ3) is 4.93. The van der Waals surface area contributed by atoms with E-state index in [1.54, 1.807) is 6.20 Å². The molecule has 0 saturated heterocycles. The first kappa shape index (κ1) is 17.7. The summed E-state index contributed by atoms with van der Waals surface area (Å²) in [6.45, 7) is 2.97. The van der Waals surface area contributed by atoms with Crippen molar-refractivity contribution in [2.24, 2.45) is 0 Å². The smallest absolute Gasteiger partial charge is 0.251 e. The van der Waals surface area contributed by atoms with E-state index in [1.807, 2.05) is 66.7 Å². The first-order chi connectivity index (χ1) is 12.7. The monoisotopic (exact) mass is 346 g/mol. The van der Waals surface area contributed by atoms with Crippen LogP contribution in [0.1, 0.15) is 34.1 Å². The largest absolute Gasteiger partial charge is 0.487 e. The summed E-state index contributed by atoms with van der Waals surface area (Å²) in [7, 11) is 0. The highest BCUT2D eigenvalue weighted by atomic mass is 16.5. The van der Waals surface area contributed by atoms with Gasteiger partial charge < -0.3 is 10.1 Å². The Morgan fingerprint density at radius 1 is 1.00 bits per heavy atom. The van der Waals surface area contributed by atoms with Gasteiger partial charge in [-0.15, -0.1) is 0 Å². The Labute approximate surface area is 153 Å². The van der Waals surface area contributed by atoms with Gasteiger partial charge >= 0.3 is 0 Å². The first-order valence-corrected chi connectivity index (χ1v) is 8.73. The predicted octanol–water partition coefficient (Wildman–Crippen LogP) is 4.15. The van der Waals surface area contributed by atoms with Gasteiger partial charge in [0.2, 0.25) is 0 Å². The zero-order chi connectivity index (χ0) is 18.2. The van der Waals surface area contributed by atoms with E-state index < -0.39 is 0 Å². The maximum atomic E-state index is 12.3. The Kier molecular flexibility index (Phi) is 5.99. The highest BCUT2D eigenvalue weighted by molar-refractivity contribution is 5.94. The lowest BCUT2D eigenvalue weighted by molar-refractivity contribution is 0.0951. The molecule has 0 spiro atoms. The van der Waals surface area contributed by atoms with Gasteiger partial charge in [0.25, 0.3) is 5.91 Å². The van der Waals surface area contributed by atoms with Crippen LogP contribution in [0.4, 0.5) is 0 Å². The van der Waals surface area contributed by atoms with Gasteiger partial charge in [-0.25, -0.2) is 0 Å². The molecule has 0 unspecified atom stereocenters. The number of ether oxygens (including phenoxy) is 1. The second-order valence-electron chi connectivity index (χ2n) is 5.99. The molecule has 0 aliphatic rings. The van der Waals surface area contributed by atoms with Gasteiger partial charge in [0.05, 0.1) is 5.69 Å². The molecule has 3 rings (SSSR count). The summed E-state index contributed by atoms with van der Waals surface area (Å²) in [4.78, 5) is 16.5. The van der Waals surface area contributed by atoms with Gasteiger partial charge in [0, 0.05) is 18.3 Å². The van der Waals surface area contributed by atoms with E-state index in [-0.39, 0.29) is 5.91 Å². The number of carbonyl (C=O) groups is 1. The molecule has 4 nitrogen and oxygen atoms in total. The molecule has 0 radical (unpaired) electrons. The van der Waals surface area contributed by atoms with E-state index in [2.05, 4.69) is 17.2 Å². The molecule has 1 aromatic heterocycles. The van der Waals surface area contributed by atoms with Crippen molar-refractivity contribution in [3.05, 3.63) is 95.3 Å². The zero-order valence-electron chi connectivity index (χ0n) is 14.8.